The molecule has 0 spiro atoms. The van der Waals surface area contributed by atoms with Crippen molar-refractivity contribution in [1.29, 1.82) is 0 Å². The summed E-state index contributed by atoms with van der Waals surface area (Å²) in [6.07, 6.45) is -0.961. The molecule has 1 aliphatic heterocycles. The summed E-state index contributed by atoms with van der Waals surface area (Å²) >= 11 is 3.37. The van der Waals surface area contributed by atoms with Gasteiger partial charge in [0.1, 0.15) is 5.82 Å². The first kappa shape index (κ1) is 13.3. The van der Waals surface area contributed by atoms with Gasteiger partial charge in [-0.3, -0.25) is 0 Å². The van der Waals surface area contributed by atoms with Crippen LogP contribution in [0.3, 0.4) is 0 Å². The van der Waals surface area contributed by atoms with Crippen LogP contribution in [0.5, 0.6) is 0 Å². The maximum atomic E-state index is 13.8. The summed E-state index contributed by atoms with van der Waals surface area (Å²) < 4.78 is 25.1. The molecule has 0 bridgehead atoms. The predicted molar refractivity (Wildman–Crippen MR) is 66.7 cm³/mol. The van der Waals surface area contributed by atoms with Crippen LogP contribution in [0.1, 0.15) is 17.4 Å². The standard InChI is InChI=1S/C12H13BrFNO3/c1-15(2)12(16)18-11-10-7(5-6-17-11)8(13)3-4-9(10)14/h3-4,11H,5-6H2,1-2H3. The molecule has 1 unspecified atom stereocenters. The molecule has 0 N–H and O–H groups in total. The van der Waals surface area contributed by atoms with Crippen LogP contribution < -0.4 is 0 Å². The van der Waals surface area contributed by atoms with Gasteiger partial charge in [0, 0.05) is 18.6 Å². The molecule has 0 radical (unpaired) electrons. The van der Waals surface area contributed by atoms with Crippen LogP contribution in [0.15, 0.2) is 16.6 Å². The molecule has 0 fully saturated rings. The van der Waals surface area contributed by atoms with Crippen LogP contribution in [0.2, 0.25) is 0 Å². The minimum Gasteiger partial charge on any atom is -0.415 e. The molecule has 98 valence electrons. The van der Waals surface area contributed by atoms with Crippen molar-refractivity contribution >= 4 is 22.0 Å². The molecule has 1 amide bonds. The summed E-state index contributed by atoms with van der Waals surface area (Å²) in [5.74, 6) is -0.426. The molecule has 1 aliphatic rings. The minimum atomic E-state index is -0.985. The SMILES string of the molecule is CN(C)C(=O)OC1OCCc2c(Br)ccc(F)c21. The van der Waals surface area contributed by atoms with Crippen molar-refractivity contribution in [2.24, 2.45) is 0 Å². The van der Waals surface area contributed by atoms with Gasteiger partial charge in [-0.2, -0.15) is 0 Å². The van der Waals surface area contributed by atoms with E-state index in [9.17, 15) is 9.18 Å². The van der Waals surface area contributed by atoms with Crippen LogP contribution >= 0.6 is 15.9 Å². The van der Waals surface area contributed by atoms with E-state index in [0.717, 1.165) is 10.0 Å². The highest BCUT2D eigenvalue weighted by atomic mass is 79.9. The fraction of sp³-hybridized carbons (Fsp3) is 0.417. The Balaban J connectivity index is 2.33. The number of nitrogens with zero attached hydrogens (tertiary/aromatic N) is 1. The molecule has 1 atom stereocenters. The Labute approximate surface area is 113 Å². The Morgan fingerprint density at radius 3 is 2.94 bits per heavy atom. The highest BCUT2D eigenvalue weighted by molar-refractivity contribution is 9.10. The van der Waals surface area contributed by atoms with E-state index in [2.05, 4.69) is 15.9 Å². The Morgan fingerprint density at radius 2 is 2.28 bits per heavy atom. The van der Waals surface area contributed by atoms with Crippen molar-refractivity contribution in [3.05, 3.63) is 33.5 Å². The number of rotatable bonds is 1. The molecular weight excluding hydrogens is 305 g/mol. The molecule has 1 aromatic carbocycles. The second-order valence-electron chi connectivity index (χ2n) is 4.15. The Hall–Kier alpha value is -1.14. The topological polar surface area (TPSA) is 38.8 Å². The van der Waals surface area contributed by atoms with Crippen molar-refractivity contribution in [3.63, 3.8) is 0 Å². The van der Waals surface area contributed by atoms with E-state index in [1.54, 1.807) is 20.2 Å². The summed E-state index contributed by atoms with van der Waals surface area (Å²) in [5.41, 5.74) is 1.09. The van der Waals surface area contributed by atoms with Gasteiger partial charge in [0.15, 0.2) is 0 Å². The van der Waals surface area contributed by atoms with Gasteiger partial charge in [-0.1, -0.05) is 15.9 Å². The second kappa shape index (κ2) is 5.24. The van der Waals surface area contributed by atoms with Crippen LogP contribution in [-0.2, 0) is 15.9 Å². The summed E-state index contributed by atoms with van der Waals surface area (Å²) in [5, 5.41) is 0. The third-order valence-electron chi connectivity index (χ3n) is 2.68. The van der Waals surface area contributed by atoms with E-state index in [1.165, 1.54) is 11.0 Å². The van der Waals surface area contributed by atoms with Gasteiger partial charge in [-0.15, -0.1) is 0 Å². The van der Waals surface area contributed by atoms with Crippen molar-refractivity contribution in [1.82, 2.24) is 4.90 Å². The number of carbonyl (C=O) groups is 1. The summed E-state index contributed by atoms with van der Waals surface area (Å²) in [7, 11) is 3.12. The van der Waals surface area contributed by atoms with Crippen molar-refractivity contribution in [3.8, 4) is 0 Å². The fourth-order valence-corrected chi connectivity index (χ4v) is 2.30. The molecule has 0 saturated carbocycles. The van der Waals surface area contributed by atoms with Crippen molar-refractivity contribution in [2.75, 3.05) is 20.7 Å². The molecule has 4 nitrogen and oxygen atoms in total. The third-order valence-corrected chi connectivity index (χ3v) is 3.42. The molecule has 1 aromatic rings. The Bertz CT molecular complexity index is 479. The van der Waals surface area contributed by atoms with Gasteiger partial charge in [0.25, 0.3) is 0 Å². The van der Waals surface area contributed by atoms with E-state index in [4.69, 9.17) is 9.47 Å². The number of benzene rings is 1. The highest BCUT2D eigenvalue weighted by Gasteiger charge is 2.29. The summed E-state index contributed by atoms with van der Waals surface area (Å²) in [4.78, 5) is 12.8. The largest absolute Gasteiger partial charge is 0.415 e. The normalized spacial score (nSPS) is 18.1. The zero-order valence-corrected chi connectivity index (χ0v) is 11.7. The number of halogens is 2. The zero-order chi connectivity index (χ0) is 13.3. The molecule has 18 heavy (non-hydrogen) atoms. The maximum absolute atomic E-state index is 13.8. The van der Waals surface area contributed by atoms with Crippen LogP contribution in [0, 0.1) is 5.82 Å². The fourth-order valence-electron chi connectivity index (χ4n) is 1.76. The minimum absolute atomic E-state index is 0.297. The monoisotopic (exact) mass is 317 g/mol. The number of amides is 1. The van der Waals surface area contributed by atoms with Crippen LogP contribution in [0.4, 0.5) is 9.18 Å². The first-order valence-corrected chi connectivity index (χ1v) is 6.26. The molecule has 0 aromatic heterocycles. The number of ether oxygens (including phenoxy) is 2. The number of carbonyl (C=O) groups excluding carboxylic acids is 1. The Morgan fingerprint density at radius 1 is 1.56 bits per heavy atom. The van der Waals surface area contributed by atoms with Gasteiger partial charge < -0.3 is 14.4 Å². The average Bonchev–Trinajstić information content (AvgIpc) is 2.34. The lowest BCUT2D eigenvalue weighted by atomic mass is 10.0. The lowest BCUT2D eigenvalue weighted by Gasteiger charge is -2.27. The first-order valence-electron chi connectivity index (χ1n) is 5.47. The quantitative estimate of drug-likeness (QED) is 0.799. The van der Waals surface area contributed by atoms with E-state index in [-0.39, 0.29) is 0 Å². The van der Waals surface area contributed by atoms with Crippen LogP contribution in [-0.4, -0.2) is 31.7 Å². The maximum Gasteiger partial charge on any atom is 0.411 e. The first-order chi connectivity index (χ1) is 8.50. The molecule has 0 aliphatic carbocycles. The highest BCUT2D eigenvalue weighted by Crippen LogP contribution is 2.34. The van der Waals surface area contributed by atoms with Crippen LogP contribution in [0.25, 0.3) is 0 Å². The zero-order valence-electron chi connectivity index (χ0n) is 10.1. The van der Waals surface area contributed by atoms with Crippen molar-refractivity contribution < 1.29 is 18.7 Å². The van der Waals surface area contributed by atoms with E-state index in [0.29, 0.717) is 18.6 Å². The number of hydrogen-bond donors (Lipinski definition) is 0. The smallest absolute Gasteiger partial charge is 0.411 e. The number of hydrogen-bond acceptors (Lipinski definition) is 3. The van der Waals surface area contributed by atoms with Gasteiger partial charge >= 0.3 is 6.09 Å². The average molecular weight is 318 g/mol. The summed E-state index contributed by atoms with van der Waals surface area (Å²) in [6.45, 7) is 0.389. The summed E-state index contributed by atoms with van der Waals surface area (Å²) in [6, 6.07) is 2.97. The van der Waals surface area contributed by atoms with E-state index in [1.807, 2.05) is 0 Å². The van der Waals surface area contributed by atoms with Gasteiger partial charge in [-0.05, 0) is 24.1 Å². The second-order valence-corrected chi connectivity index (χ2v) is 5.01. The van der Waals surface area contributed by atoms with Gasteiger partial charge in [-0.25, -0.2) is 9.18 Å². The predicted octanol–water partition coefficient (Wildman–Crippen LogP) is 2.86. The molecule has 6 heteroatoms. The van der Waals surface area contributed by atoms with E-state index < -0.39 is 18.2 Å². The number of fused-ring (bicyclic) bond motifs is 1. The molecule has 2 rings (SSSR count). The molecular formula is C12H13BrFNO3. The molecule has 0 saturated heterocycles. The lowest BCUT2D eigenvalue weighted by molar-refractivity contribution is -0.122. The molecule has 1 heterocycles. The van der Waals surface area contributed by atoms with Gasteiger partial charge in [0.2, 0.25) is 6.29 Å². The van der Waals surface area contributed by atoms with E-state index >= 15 is 0 Å². The Kier molecular flexibility index (Phi) is 3.87. The van der Waals surface area contributed by atoms with Gasteiger partial charge in [0.05, 0.1) is 12.2 Å². The third kappa shape index (κ3) is 2.49. The lowest BCUT2D eigenvalue weighted by Crippen LogP contribution is -2.29. The van der Waals surface area contributed by atoms with Crippen molar-refractivity contribution in [2.45, 2.75) is 12.7 Å².